The molecule has 2 amide bonds. The molecule has 0 unspecified atom stereocenters. The van der Waals surface area contributed by atoms with Crippen molar-refractivity contribution in [3.8, 4) is 0 Å². The SMILES string of the molecule is Cc1ccc(C(=O)Nc2[nH]nc3sc(CC(=O)NC(C)C)cc23)cc1. The van der Waals surface area contributed by atoms with Crippen molar-refractivity contribution in [3.63, 3.8) is 0 Å². The van der Waals surface area contributed by atoms with Gasteiger partial charge in [0.25, 0.3) is 5.91 Å². The maximum atomic E-state index is 12.4. The van der Waals surface area contributed by atoms with Crippen molar-refractivity contribution in [3.05, 3.63) is 46.3 Å². The lowest BCUT2D eigenvalue weighted by atomic mass is 10.1. The van der Waals surface area contributed by atoms with Crippen LogP contribution in [-0.4, -0.2) is 28.1 Å². The Labute approximate surface area is 149 Å². The molecule has 2 heterocycles. The van der Waals surface area contributed by atoms with Gasteiger partial charge in [-0.3, -0.25) is 14.7 Å². The number of aryl methyl sites for hydroxylation is 1. The second-order valence-corrected chi connectivity index (χ2v) is 7.36. The second-order valence-electron chi connectivity index (χ2n) is 6.25. The van der Waals surface area contributed by atoms with E-state index in [1.807, 2.05) is 39.0 Å². The highest BCUT2D eigenvalue weighted by Crippen LogP contribution is 2.29. The summed E-state index contributed by atoms with van der Waals surface area (Å²) in [6, 6.07) is 9.37. The zero-order chi connectivity index (χ0) is 18.0. The standard InChI is InChI=1S/C18H20N4O2S/c1-10(2)19-15(23)9-13-8-14-16(21-22-18(14)25-13)20-17(24)12-6-4-11(3)5-7-12/h4-8,10H,9H2,1-3H3,(H,19,23)(H2,20,21,22,24). The van der Waals surface area contributed by atoms with Crippen LogP contribution < -0.4 is 10.6 Å². The average molecular weight is 356 g/mol. The lowest BCUT2D eigenvalue weighted by molar-refractivity contribution is -0.120. The fourth-order valence-electron chi connectivity index (χ4n) is 2.46. The number of carbonyl (C=O) groups excluding carboxylic acids is 2. The maximum Gasteiger partial charge on any atom is 0.256 e. The van der Waals surface area contributed by atoms with Gasteiger partial charge in [-0.15, -0.1) is 11.3 Å². The van der Waals surface area contributed by atoms with Gasteiger partial charge in [-0.05, 0) is 39.0 Å². The van der Waals surface area contributed by atoms with E-state index < -0.39 is 0 Å². The molecule has 0 atom stereocenters. The number of hydrogen-bond acceptors (Lipinski definition) is 4. The smallest absolute Gasteiger partial charge is 0.256 e. The molecule has 0 radical (unpaired) electrons. The van der Waals surface area contributed by atoms with E-state index in [0.717, 1.165) is 20.7 Å². The van der Waals surface area contributed by atoms with E-state index in [0.29, 0.717) is 17.8 Å². The number of aromatic amines is 1. The number of nitrogens with zero attached hydrogens (tertiary/aromatic N) is 1. The van der Waals surface area contributed by atoms with Crippen molar-refractivity contribution >= 4 is 39.2 Å². The van der Waals surface area contributed by atoms with Crippen LogP contribution in [0.1, 0.15) is 34.6 Å². The first-order valence-corrected chi connectivity index (χ1v) is 8.88. The fraction of sp³-hybridized carbons (Fsp3) is 0.278. The van der Waals surface area contributed by atoms with Crippen LogP contribution in [0.2, 0.25) is 0 Å². The molecule has 6 nitrogen and oxygen atoms in total. The average Bonchev–Trinajstić information content (AvgIpc) is 3.08. The van der Waals surface area contributed by atoms with E-state index in [1.165, 1.54) is 11.3 Å². The summed E-state index contributed by atoms with van der Waals surface area (Å²) in [5.41, 5.74) is 1.68. The Hall–Kier alpha value is -2.67. The van der Waals surface area contributed by atoms with Crippen LogP contribution in [0.5, 0.6) is 0 Å². The third-order valence-electron chi connectivity index (χ3n) is 3.64. The Bertz CT molecular complexity index is 909. The zero-order valence-electron chi connectivity index (χ0n) is 14.3. The van der Waals surface area contributed by atoms with Gasteiger partial charge in [0, 0.05) is 16.5 Å². The second kappa shape index (κ2) is 7.06. The van der Waals surface area contributed by atoms with Gasteiger partial charge in [0.05, 0.1) is 11.8 Å². The Morgan fingerprint density at radius 2 is 1.96 bits per heavy atom. The van der Waals surface area contributed by atoms with Gasteiger partial charge in [-0.1, -0.05) is 17.7 Å². The van der Waals surface area contributed by atoms with Crippen LogP contribution in [-0.2, 0) is 11.2 Å². The van der Waals surface area contributed by atoms with E-state index in [-0.39, 0.29) is 17.9 Å². The predicted octanol–water partition coefficient (Wildman–Crippen LogP) is 3.25. The van der Waals surface area contributed by atoms with Gasteiger partial charge in [0.1, 0.15) is 10.6 Å². The molecule has 2 aromatic heterocycles. The third-order valence-corrected chi connectivity index (χ3v) is 4.67. The quantitative estimate of drug-likeness (QED) is 0.656. The zero-order valence-corrected chi connectivity index (χ0v) is 15.2. The highest BCUT2D eigenvalue weighted by Gasteiger charge is 2.15. The number of amides is 2. The molecule has 3 aromatic rings. The molecule has 25 heavy (non-hydrogen) atoms. The van der Waals surface area contributed by atoms with E-state index in [1.54, 1.807) is 12.1 Å². The van der Waals surface area contributed by atoms with Crippen molar-refractivity contribution in [2.24, 2.45) is 0 Å². The summed E-state index contributed by atoms with van der Waals surface area (Å²) in [6.45, 7) is 5.83. The van der Waals surface area contributed by atoms with Crippen molar-refractivity contribution < 1.29 is 9.59 Å². The number of H-pyrrole nitrogens is 1. The number of aromatic nitrogens is 2. The van der Waals surface area contributed by atoms with Gasteiger partial charge >= 0.3 is 0 Å². The van der Waals surface area contributed by atoms with Crippen LogP contribution in [0.3, 0.4) is 0 Å². The fourth-order valence-corrected chi connectivity index (χ4v) is 3.46. The Morgan fingerprint density at radius 1 is 1.24 bits per heavy atom. The number of anilines is 1. The molecule has 0 aliphatic heterocycles. The van der Waals surface area contributed by atoms with Crippen LogP contribution in [0, 0.1) is 6.92 Å². The Kier molecular flexibility index (Phi) is 4.85. The molecule has 3 N–H and O–H groups in total. The minimum atomic E-state index is -0.198. The molecule has 3 rings (SSSR count). The molecule has 0 aliphatic carbocycles. The molecule has 7 heteroatoms. The summed E-state index contributed by atoms with van der Waals surface area (Å²) in [5.74, 6) is 0.330. The normalized spacial score (nSPS) is 11.0. The number of carbonyl (C=O) groups is 2. The van der Waals surface area contributed by atoms with Crippen LogP contribution >= 0.6 is 11.3 Å². The van der Waals surface area contributed by atoms with Gasteiger partial charge in [0.2, 0.25) is 5.91 Å². The highest BCUT2D eigenvalue weighted by molar-refractivity contribution is 7.18. The first kappa shape index (κ1) is 17.2. The minimum absolute atomic E-state index is 0.0203. The van der Waals surface area contributed by atoms with Gasteiger partial charge in [-0.2, -0.15) is 5.10 Å². The molecule has 1 aromatic carbocycles. The van der Waals surface area contributed by atoms with Gasteiger partial charge < -0.3 is 10.6 Å². The van der Waals surface area contributed by atoms with E-state index in [2.05, 4.69) is 20.8 Å². The topological polar surface area (TPSA) is 86.9 Å². The monoisotopic (exact) mass is 356 g/mol. The summed E-state index contributed by atoms with van der Waals surface area (Å²) in [4.78, 5) is 25.9. The molecule has 0 aliphatic rings. The first-order valence-electron chi connectivity index (χ1n) is 8.06. The van der Waals surface area contributed by atoms with Crippen molar-refractivity contribution in [2.75, 3.05) is 5.32 Å². The van der Waals surface area contributed by atoms with Crippen molar-refractivity contribution in [2.45, 2.75) is 33.2 Å². The Balaban J connectivity index is 1.75. The van der Waals surface area contributed by atoms with E-state index in [4.69, 9.17) is 0 Å². The lowest BCUT2D eigenvalue weighted by Gasteiger charge is -2.06. The third kappa shape index (κ3) is 4.06. The number of thiophene rings is 1. The number of hydrogen-bond donors (Lipinski definition) is 3. The maximum absolute atomic E-state index is 12.4. The van der Waals surface area contributed by atoms with Crippen LogP contribution in [0.4, 0.5) is 5.82 Å². The summed E-state index contributed by atoms with van der Waals surface area (Å²) in [6.07, 6.45) is 0.310. The van der Waals surface area contributed by atoms with Crippen LogP contribution in [0.15, 0.2) is 30.3 Å². The van der Waals surface area contributed by atoms with Crippen LogP contribution in [0.25, 0.3) is 10.2 Å². The number of nitrogens with one attached hydrogen (secondary N) is 3. The first-order chi connectivity index (χ1) is 11.9. The molecule has 0 saturated carbocycles. The molecular weight excluding hydrogens is 336 g/mol. The molecule has 0 saturated heterocycles. The van der Waals surface area contributed by atoms with Gasteiger partial charge in [-0.25, -0.2) is 0 Å². The molecule has 0 bridgehead atoms. The van der Waals surface area contributed by atoms with Gasteiger partial charge in [0.15, 0.2) is 0 Å². The number of fused-ring (bicyclic) bond motifs is 1. The summed E-state index contributed by atoms with van der Waals surface area (Å²) in [5, 5.41) is 13.6. The van der Waals surface area contributed by atoms with Crippen molar-refractivity contribution in [1.29, 1.82) is 0 Å². The number of rotatable bonds is 5. The molecule has 130 valence electrons. The highest BCUT2D eigenvalue weighted by atomic mass is 32.1. The van der Waals surface area contributed by atoms with Crippen molar-refractivity contribution in [1.82, 2.24) is 15.5 Å². The lowest BCUT2D eigenvalue weighted by Crippen LogP contribution is -2.31. The molecule has 0 fully saturated rings. The number of benzene rings is 1. The van der Waals surface area contributed by atoms with E-state index >= 15 is 0 Å². The van der Waals surface area contributed by atoms with E-state index in [9.17, 15) is 9.59 Å². The molecular formula is C18H20N4O2S. The summed E-state index contributed by atoms with van der Waals surface area (Å²) < 4.78 is 0. The molecule has 0 spiro atoms. The minimum Gasteiger partial charge on any atom is -0.354 e. The summed E-state index contributed by atoms with van der Waals surface area (Å²) >= 11 is 1.44. The summed E-state index contributed by atoms with van der Waals surface area (Å²) in [7, 11) is 0. The Morgan fingerprint density at radius 3 is 2.64 bits per heavy atom. The largest absolute Gasteiger partial charge is 0.354 e. The predicted molar refractivity (Wildman–Crippen MR) is 100 cm³/mol.